The number of carbonyl (C=O) groups is 2. The highest BCUT2D eigenvalue weighted by molar-refractivity contribution is 5.84. The molecule has 1 amide bonds. The lowest BCUT2D eigenvalue weighted by molar-refractivity contribution is -0.148. The fraction of sp³-hybridized carbons (Fsp3) is 0.368. The van der Waals surface area contributed by atoms with Crippen LogP contribution in [0.2, 0.25) is 0 Å². The molecule has 2 aromatic rings. The lowest BCUT2D eigenvalue weighted by Crippen LogP contribution is -2.46. The van der Waals surface area contributed by atoms with Crippen molar-refractivity contribution < 1.29 is 19.4 Å². The molecule has 0 radical (unpaired) electrons. The predicted octanol–water partition coefficient (Wildman–Crippen LogP) is 2.79. The minimum Gasteiger partial charge on any atom is -0.484 e. The molecule has 0 aliphatic carbocycles. The SMILES string of the molecule is CC1CN(C(=O)COc2ccc3ccccc3c2)CCC1C(=O)O. The van der Waals surface area contributed by atoms with Crippen LogP contribution in [-0.2, 0) is 9.59 Å². The van der Waals surface area contributed by atoms with Crippen LogP contribution in [0.5, 0.6) is 5.75 Å². The number of piperidine rings is 1. The maximum atomic E-state index is 12.3. The van der Waals surface area contributed by atoms with Gasteiger partial charge >= 0.3 is 5.97 Å². The molecule has 0 spiro atoms. The van der Waals surface area contributed by atoms with Crippen LogP contribution in [0.15, 0.2) is 42.5 Å². The highest BCUT2D eigenvalue weighted by atomic mass is 16.5. The zero-order valence-electron chi connectivity index (χ0n) is 13.6. The zero-order valence-corrected chi connectivity index (χ0v) is 13.6. The van der Waals surface area contributed by atoms with Crippen molar-refractivity contribution in [2.45, 2.75) is 13.3 Å². The van der Waals surface area contributed by atoms with Crippen LogP contribution in [-0.4, -0.2) is 41.6 Å². The van der Waals surface area contributed by atoms with Crippen LogP contribution in [0.1, 0.15) is 13.3 Å². The van der Waals surface area contributed by atoms with E-state index in [0.717, 1.165) is 10.8 Å². The summed E-state index contributed by atoms with van der Waals surface area (Å²) in [4.78, 5) is 25.1. The molecule has 0 saturated carbocycles. The van der Waals surface area contributed by atoms with E-state index < -0.39 is 5.97 Å². The Hall–Kier alpha value is -2.56. The maximum absolute atomic E-state index is 12.3. The van der Waals surface area contributed by atoms with Gasteiger partial charge in [-0.3, -0.25) is 9.59 Å². The Kier molecular flexibility index (Phi) is 4.69. The largest absolute Gasteiger partial charge is 0.484 e. The lowest BCUT2D eigenvalue weighted by Gasteiger charge is -2.34. The van der Waals surface area contributed by atoms with E-state index in [1.807, 2.05) is 49.4 Å². The first kappa shape index (κ1) is 16.3. The van der Waals surface area contributed by atoms with Gasteiger partial charge in [0, 0.05) is 13.1 Å². The number of fused-ring (bicyclic) bond motifs is 1. The molecular weight excluding hydrogens is 306 g/mol. The van der Waals surface area contributed by atoms with Crippen LogP contribution >= 0.6 is 0 Å². The molecule has 0 bridgehead atoms. The summed E-state index contributed by atoms with van der Waals surface area (Å²) < 4.78 is 5.63. The van der Waals surface area contributed by atoms with E-state index in [1.54, 1.807) is 4.90 Å². The van der Waals surface area contributed by atoms with Gasteiger partial charge in [0.1, 0.15) is 5.75 Å². The average molecular weight is 327 g/mol. The first-order chi connectivity index (χ1) is 11.5. The summed E-state index contributed by atoms with van der Waals surface area (Å²) in [6, 6.07) is 13.7. The van der Waals surface area contributed by atoms with Crippen molar-refractivity contribution in [1.29, 1.82) is 0 Å². The van der Waals surface area contributed by atoms with E-state index >= 15 is 0 Å². The molecule has 5 nitrogen and oxygen atoms in total. The van der Waals surface area contributed by atoms with Gasteiger partial charge in [-0.05, 0) is 35.2 Å². The third kappa shape index (κ3) is 3.50. The summed E-state index contributed by atoms with van der Waals surface area (Å²) >= 11 is 0. The summed E-state index contributed by atoms with van der Waals surface area (Å²) in [5.74, 6) is -0.618. The Morgan fingerprint density at radius 1 is 1.21 bits per heavy atom. The number of benzene rings is 2. The van der Waals surface area contributed by atoms with E-state index in [1.165, 1.54) is 0 Å². The Morgan fingerprint density at radius 3 is 2.67 bits per heavy atom. The van der Waals surface area contributed by atoms with Gasteiger partial charge in [0.15, 0.2) is 6.61 Å². The molecule has 1 heterocycles. The number of aliphatic carboxylic acids is 1. The van der Waals surface area contributed by atoms with Gasteiger partial charge in [-0.2, -0.15) is 0 Å². The predicted molar refractivity (Wildman–Crippen MR) is 90.9 cm³/mol. The molecule has 3 rings (SSSR count). The minimum atomic E-state index is -0.776. The van der Waals surface area contributed by atoms with Gasteiger partial charge in [-0.1, -0.05) is 37.3 Å². The molecule has 2 aromatic carbocycles. The van der Waals surface area contributed by atoms with Crippen LogP contribution in [0.4, 0.5) is 0 Å². The lowest BCUT2D eigenvalue weighted by atomic mass is 9.87. The van der Waals surface area contributed by atoms with E-state index in [4.69, 9.17) is 9.84 Å². The maximum Gasteiger partial charge on any atom is 0.306 e. The highest BCUT2D eigenvalue weighted by Gasteiger charge is 2.32. The molecule has 5 heteroatoms. The molecule has 1 aliphatic rings. The summed E-state index contributed by atoms with van der Waals surface area (Å²) in [6.45, 7) is 2.79. The molecule has 2 atom stereocenters. The van der Waals surface area contributed by atoms with Crippen LogP contribution < -0.4 is 4.74 Å². The molecular formula is C19H21NO4. The van der Waals surface area contributed by atoms with Crippen molar-refractivity contribution in [2.75, 3.05) is 19.7 Å². The Morgan fingerprint density at radius 2 is 1.96 bits per heavy atom. The third-order valence-electron chi connectivity index (χ3n) is 4.66. The molecule has 0 aromatic heterocycles. The van der Waals surface area contributed by atoms with Gasteiger partial charge in [0.25, 0.3) is 5.91 Å². The normalized spacial score (nSPS) is 20.8. The van der Waals surface area contributed by atoms with E-state index in [0.29, 0.717) is 25.3 Å². The van der Waals surface area contributed by atoms with Crippen molar-refractivity contribution in [1.82, 2.24) is 4.90 Å². The first-order valence-corrected chi connectivity index (χ1v) is 8.17. The number of hydrogen-bond donors (Lipinski definition) is 1. The topological polar surface area (TPSA) is 66.8 Å². The van der Waals surface area contributed by atoms with Gasteiger partial charge < -0.3 is 14.7 Å². The Bertz CT molecular complexity index is 758. The van der Waals surface area contributed by atoms with Crippen molar-refractivity contribution in [2.24, 2.45) is 11.8 Å². The number of carboxylic acid groups (broad SMARTS) is 1. The van der Waals surface area contributed by atoms with E-state index in [-0.39, 0.29) is 24.3 Å². The molecule has 24 heavy (non-hydrogen) atoms. The van der Waals surface area contributed by atoms with Crippen molar-refractivity contribution in [3.05, 3.63) is 42.5 Å². The number of likely N-dealkylation sites (tertiary alicyclic amines) is 1. The van der Waals surface area contributed by atoms with Crippen molar-refractivity contribution in [3.8, 4) is 5.75 Å². The second kappa shape index (κ2) is 6.91. The zero-order chi connectivity index (χ0) is 17.1. The number of carboxylic acids is 1. The molecule has 1 fully saturated rings. The van der Waals surface area contributed by atoms with Gasteiger partial charge in [-0.15, -0.1) is 0 Å². The third-order valence-corrected chi connectivity index (χ3v) is 4.66. The highest BCUT2D eigenvalue weighted by Crippen LogP contribution is 2.24. The summed E-state index contributed by atoms with van der Waals surface area (Å²) in [6.07, 6.45) is 0.498. The fourth-order valence-electron chi connectivity index (χ4n) is 3.23. The first-order valence-electron chi connectivity index (χ1n) is 8.17. The summed E-state index contributed by atoms with van der Waals surface area (Å²) in [5.41, 5.74) is 0. The fourth-order valence-corrected chi connectivity index (χ4v) is 3.23. The molecule has 126 valence electrons. The van der Waals surface area contributed by atoms with Gasteiger partial charge in [0.2, 0.25) is 0 Å². The molecule has 2 unspecified atom stereocenters. The monoisotopic (exact) mass is 327 g/mol. The number of rotatable bonds is 4. The minimum absolute atomic E-state index is 0.0250. The standard InChI is InChI=1S/C19H21NO4/c1-13-11-20(9-8-17(13)19(22)23)18(21)12-24-16-7-6-14-4-2-3-5-15(14)10-16/h2-7,10,13,17H,8-9,11-12H2,1H3,(H,22,23). The second-order valence-corrected chi connectivity index (χ2v) is 6.35. The van der Waals surface area contributed by atoms with Gasteiger partial charge in [0.05, 0.1) is 5.92 Å². The molecule has 1 saturated heterocycles. The Labute approximate surface area is 140 Å². The number of ether oxygens (including phenoxy) is 1. The van der Waals surface area contributed by atoms with Crippen LogP contribution in [0.25, 0.3) is 10.8 Å². The quantitative estimate of drug-likeness (QED) is 0.938. The van der Waals surface area contributed by atoms with Crippen molar-refractivity contribution >= 4 is 22.6 Å². The second-order valence-electron chi connectivity index (χ2n) is 6.35. The number of nitrogens with zero attached hydrogens (tertiary/aromatic N) is 1. The van der Waals surface area contributed by atoms with Crippen LogP contribution in [0, 0.1) is 11.8 Å². The number of amides is 1. The molecule has 1 N–H and O–H groups in total. The number of hydrogen-bond acceptors (Lipinski definition) is 3. The Balaban J connectivity index is 1.58. The molecule has 1 aliphatic heterocycles. The average Bonchev–Trinajstić information content (AvgIpc) is 2.59. The smallest absolute Gasteiger partial charge is 0.306 e. The van der Waals surface area contributed by atoms with Crippen molar-refractivity contribution in [3.63, 3.8) is 0 Å². The summed E-state index contributed by atoms with van der Waals surface area (Å²) in [7, 11) is 0. The summed E-state index contributed by atoms with van der Waals surface area (Å²) in [5, 5.41) is 11.3. The van der Waals surface area contributed by atoms with E-state index in [2.05, 4.69) is 0 Å². The van der Waals surface area contributed by atoms with Crippen LogP contribution in [0.3, 0.4) is 0 Å². The van der Waals surface area contributed by atoms with Gasteiger partial charge in [-0.25, -0.2) is 0 Å². The van der Waals surface area contributed by atoms with E-state index in [9.17, 15) is 9.59 Å². The number of carbonyl (C=O) groups excluding carboxylic acids is 1.